The van der Waals surface area contributed by atoms with Crippen molar-refractivity contribution in [2.75, 3.05) is 26.2 Å². The van der Waals surface area contributed by atoms with Gasteiger partial charge in [-0.1, -0.05) is 20.4 Å². The molecule has 1 unspecified atom stereocenters. The lowest BCUT2D eigenvalue weighted by Crippen LogP contribution is -2.30. The first kappa shape index (κ1) is 12.2. The summed E-state index contributed by atoms with van der Waals surface area (Å²) in [5.74, 6) is 0.785. The second kappa shape index (κ2) is 5.91. The Morgan fingerprint density at radius 2 is 2.40 bits per heavy atom. The minimum Gasteiger partial charge on any atom is -0.338 e. The third kappa shape index (κ3) is 4.04. The minimum atomic E-state index is 0.277. The Labute approximate surface area is 92.5 Å². The van der Waals surface area contributed by atoms with Gasteiger partial charge < -0.3 is 10.2 Å². The Morgan fingerprint density at radius 1 is 1.67 bits per heavy atom. The standard InChI is InChI=1S/C12H22N2O/c1-4-5-13-7-11(3)9-14-8-10(2)6-12(14)15/h10,13H,3-9H2,1-2H3. The maximum absolute atomic E-state index is 11.5. The Kier molecular flexibility index (Phi) is 4.82. The van der Waals surface area contributed by atoms with E-state index in [-0.39, 0.29) is 5.91 Å². The molecule has 1 N–H and O–H groups in total. The molecule has 1 rings (SSSR count). The summed E-state index contributed by atoms with van der Waals surface area (Å²) in [5, 5.41) is 3.30. The highest BCUT2D eigenvalue weighted by Gasteiger charge is 2.26. The van der Waals surface area contributed by atoms with Gasteiger partial charge in [0.15, 0.2) is 0 Å². The van der Waals surface area contributed by atoms with Crippen molar-refractivity contribution in [3.63, 3.8) is 0 Å². The molecule has 0 aliphatic carbocycles. The first-order valence-corrected chi connectivity index (χ1v) is 5.78. The van der Waals surface area contributed by atoms with Gasteiger partial charge in [-0.2, -0.15) is 0 Å². The van der Waals surface area contributed by atoms with E-state index in [4.69, 9.17) is 0 Å². The van der Waals surface area contributed by atoms with Gasteiger partial charge in [0.1, 0.15) is 0 Å². The summed E-state index contributed by atoms with van der Waals surface area (Å²) in [6.07, 6.45) is 1.84. The first-order valence-electron chi connectivity index (χ1n) is 5.78. The Bertz CT molecular complexity index is 238. The molecule has 0 aromatic rings. The molecule has 0 aromatic carbocycles. The molecule has 1 aliphatic heterocycles. The molecule has 15 heavy (non-hydrogen) atoms. The van der Waals surface area contributed by atoms with Crippen LogP contribution in [0.25, 0.3) is 0 Å². The molecule has 3 heteroatoms. The quantitative estimate of drug-likeness (QED) is 0.531. The number of rotatable bonds is 6. The molecule has 3 nitrogen and oxygen atoms in total. The second-order valence-corrected chi connectivity index (χ2v) is 4.51. The van der Waals surface area contributed by atoms with Crippen LogP contribution in [0.1, 0.15) is 26.7 Å². The van der Waals surface area contributed by atoms with E-state index in [1.54, 1.807) is 0 Å². The zero-order valence-corrected chi connectivity index (χ0v) is 9.88. The number of nitrogens with zero attached hydrogens (tertiary/aromatic N) is 1. The molecule has 0 saturated carbocycles. The maximum Gasteiger partial charge on any atom is 0.223 e. The van der Waals surface area contributed by atoms with E-state index in [0.29, 0.717) is 12.3 Å². The number of carbonyl (C=O) groups is 1. The summed E-state index contributed by atoms with van der Waals surface area (Å²) in [6.45, 7) is 11.7. The van der Waals surface area contributed by atoms with E-state index in [0.717, 1.165) is 38.2 Å². The molecule has 0 spiro atoms. The predicted octanol–water partition coefficient (Wildman–Crippen LogP) is 1.41. The van der Waals surface area contributed by atoms with Gasteiger partial charge in [-0.3, -0.25) is 4.79 Å². The van der Waals surface area contributed by atoms with E-state index in [1.807, 2.05) is 4.90 Å². The van der Waals surface area contributed by atoms with Gasteiger partial charge in [0.25, 0.3) is 0 Å². The van der Waals surface area contributed by atoms with E-state index in [2.05, 4.69) is 25.7 Å². The minimum absolute atomic E-state index is 0.277. The van der Waals surface area contributed by atoms with Crippen LogP contribution in [0.5, 0.6) is 0 Å². The fourth-order valence-electron chi connectivity index (χ4n) is 1.89. The van der Waals surface area contributed by atoms with Gasteiger partial charge in [-0.05, 0) is 24.5 Å². The van der Waals surface area contributed by atoms with Gasteiger partial charge in [0, 0.05) is 26.1 Å². The number of amides is 1. The summed E-state index contributed by atoms with van der Waals surface area (Å²) in [5.41, 5.74) is 1.10. The normalized spacial score (nSPS) is 21.1. The number of hydrogen-bond donors (Lipinski definition) is 1. The summed E-state index contributed by atoms with van der Waals surface area (Å²) >= 11 is 0. The van der Waals surface area contributed by atoms with Crippen LogP contribution in [0.2, 0.25) is 0 Å². The molecule has 1 fully saturated rings. The highest BCUT2D eigenvalue weighted by atomic mass is 16.2. The number of hydrogen-bond acceptors (Lipinski definition) is 2. The second-order valence-electron chi connectivity index (χ2n) is 4.51. The topological polar surface area (TPSA) is 32.3 Å². The molecule has 1 heterocycles. The fourth-order valence-corrected chi connectivity index (χ4v) is 1.89. The molecular weight excluding hydrogens is 188 g/mol. The van der Waals surface area contributed by atoms with Crippen LogP contribution in [-0.4, -0.2) is 37.0 Å². The van der Waals surface area contributed by atoms with Gasteiger partial charge in [0.05, 0.1) is 0 Å². The average molecular weight is 210 g/mol. The van der Waals surface area contributed by atoms with Crippen molar-refractivity contribution >= 4 is 5.91 Å². The molecule has 0 aromatic heterocycles. The third-order valence-electron chi connectivity index (χ3n) is 2.62. The number of carbonyl (C=O) groups excluding carboxylic acids is 1. The van der Waals surface area contributed by atoms with E-state index >= 15 is 0 Å². The van der Waals surface area contributed by atoms with Gasteiger partial charge in [-0.25, -0.2) is 0 Å². The molecular formula is C12H22N2O. The third-order valence-corrected chi connectivity index (χ3v) is 2.62. The van der Waals surface area contributed by atoms with Crippen LogP contribution in [0.4, 0.5) is 0 Å². The van der Waals surface area contributed by atoms with Crippen molar-refractivity contribution in [3.05, 3.63) is 12.2 Å². The molecule has 1 atom stereocenters. The zero-order valence-electron chi connectivity index (χ0n) is 9.88. The lowest BCUT2D eigenvalue weighted by molar-refractivity contribution is -0.127. The van der Waals surface area contributed by atoms with Crippen molar-refractivity contribution in [2.24, 2.45) is 5.92 Å². The van der Waals surface area contributed by atoms with Crippen molar-refractivity contribution in [2.45, 2.75) is 26.7 Å². The monoisotopic (exact) mass is 210 g/mol. The van der Waals surface area contributed by atoms with Gasteiger partial charge in [0.2, 0.25) is 5.91 Å². The molecule has 0 radical (unpaired) electrons. The molecule has 1 amide bonds. The summed E-state index contributed by atoms with van der Waals surface area (Å²) in [6, 6.07) is 0. The van der Waals surface area contributed by atoms with Gasteiger partial charge in [-0.15, -0.1) is 0 Å². The average Bonchev–Trinajstić information content (AvgIpc) is 2.45. The summed E-state index contributed by atoms with van der Waals surface area (Å²) in [4.78, 5) is 13.4. The van der Waals surface area contributed by atoms with Crippen LogP contribution in [0.15, 0.2) is 12.2 Å². The highest BCUT2D eigenvalue weighted by Crippen LogP contribution is 2.17. The van der Waals surface area contributed by atoms with E-state index < -0.39 is 0 Å². The lowest BCUT2D eigenvalue weighted by Gasteiger charge is -2.17. The summed E-state index contributed by atoms with van der Waals surface area (Å²) < 4.78 is 0. The van der Waals surface area contributed by atoms with Crippen molar-refractivity contribution in [3.8, 4) is 0 Å². The fraction of sp³-hybridized carbons (Fsp3) is 0.750. The lowest BCUT2D eigenvalue weighted by atomic mass is 10.2. The van der Waals surface area contributed by atoms with Crippen molar-refractivity contribution < 1.29 is 4.79 Å². The van der Waals surface area contributed by atoms with Crippen LogP contribution < -0.4 is 5.32 Å². The molecule has 86 valence electrons. The molecule has 1 saturated heterocycles. The SMILES string of the molecule is C=C(CNCCC)CN1CC(C)CC1=O. The van der Waals surface area contributed by atoms with Crippen LogP contribution >= 0.6 is 0 Å². The molecule has 0 bridgehead atoms. The van der Waals surface area contributed by atoms with Crippen molar-refractivity contribution in [1.82, 2.24) is 10.2 Å². The highest BCUT2D eigenvalue weighted by molar-refractivity contribution is 5.78. The Hall–Kier alpha value is -0.830. The number of likely N-dealkylation sites (tertiary alicyclic amines) is 1. The summed E-state index contributed by atoms with van der Waals surface area (Å²) in [7, 11) is 0. The van der Waals surface area contributed by atoms with Crippen LogP contribution in [0.3, 0.4) is 0 Å². The Morgan fingerprint density at radius 3 is 2.93 bits per heavy atom. The first-order chi connectivity index (χ1) is 7.13. The van der Waals surface area contributed by atoms with E-state index in [9.17, 15) is 4.79 Å². The maximum atomic E-state index is 11.5. The van der Waals surface area contributed by atoms with E-state index in [1.165, 1.54) is 0 Å². The zero-order chi connectivity index (χ0) is 11.3. The van der Waals surface area contributed by atoms with Crippen molar-refractivity contribution in [1.29, 1.82) is 0 Å². The smallest absolute Gasteiger partial charge is 0.223 e. The van der Waals surface area contributed by atoms with Gasteiger partial charge >= 0.3 is 0 Å². The molecule has 1 aliphatic rings. The predicted molar refractivity (Wildman–Crippen MR) is 62.7 cm³/mol. The van der Waals surface area contributed by atoms with Crippen LogP contribution in [-0.2, 0) is 4.79 Å². The number of nitrogens with one attached hydrogen (secondary N) is 1. The van der Waals surface area contributed by atoms with Crippen LogP contribution in [0, 0.1) is 5.92 Å². The largest absolute Gasteiger partial charge is 0.338 e. The Balaban J connectivity index is 2.23.